The fourth-order valence-corrected chi connectivity index (χ4v) is 4.18. The van der Waals surface area contributed by atoms with Crippen LogP contribution in [0.2, 0.25) is 0 Å². The highest BCUT2D eigenvalue weighted by atomic mass is 19.2. The highest BCUT2D eigenvalue weighted by Gasteiger charge is 2.23. The van der Waals surface area contributed by atoms with Gasteiger partial charge < -0.3 is 4.74 Å². The van der Waals surface area contributed by atoms with Crippen LogP contribution in [0, 0.1) is 24.4 Å². The molecule has 4 rings (SSSR count). The Balaban J connectivity index is 1.45. The first-order valence-electron chi connectivity index (χ1n) is 10.5. The van der Waals surface area contributed by atoms with Gasteiger partial charge >= 0.3 is 0 Å². The molecule has 156 valence electrons. The van der Waals surface area contributed by atoms with Gasteiger partial charge in [0, 0.05) is 5.56 Å². The number of benzene rings is 3. The highest BCUT2D eigenvalue weighted by Crippen LogP contribution is 2.36. The summed E-state index contributed by atoms with van der Waals surface area (Å²) in [5, 5.41) is 0. The largest absolute Gasteiger partial charge is 0.486 e. The Kier molecular flexibility index (Phi) is 6.12. The Labute approximate surface area is 175 Å². The minimum Gasteiger partial charge on any atom is -0.486 e. The zero-order chi connectivity index (χ0) is 21.1. The quantitative estimate of drug-likeness (QED) is 0.419. The van der Waals surface area contributed by atoms with Gasteiger partial charge in [0.25, 0.3) is 0 Å². The lowest BCUT2D eigenvalue weighted by molar-refractivity contribution is 0.283. The Bertz CT molecular complexity index is 1020. The maximum absolute atomic E-state index is 14.6. The van der Waals surface area contributed by atoms with Gasteiger partial charge in [0.05, 0.1) is 0 Å². The zero-order valence-corrected chi connectivity index (χ0v) is 17.1. The standard InChI is InChI=1S/C26H25F3O/c1-17-7-12-21(23(27)15-17)20-10-8-18(9-11-20)16-30-24-14-13-22(25(28)26(24)29)19-5-3-2-4-6-19/h7-15,19H,2-6,16H2,1H3. The molecule has 0 N–H and O–H groups in total. The van der Waals surface area contributed by atoms with Crippen LogP contribution < -0.4 is 4.74 Å². The zero-order valence-electron chi connectivity index (χ0n) is 17.1. The molecule has 3 aromatic rings. The first kappa shape index (κ1) is 20.5. The molecule has 1 aliphatic carbocycles. The molecule has 0 bridgehead atoms. The summed E-state index contributed by atoms with van der Waals surface area (Å²) in [6.45, 7) is 1.95. The van der Waals surface area contributed by atoms with Gasteiger partial charge in [0.2, 0.25) is 5.82 Å². The van der Waals surface area contributed by atoms with Gasteiger partial charge in [-0.2, -0.15) is 4.39 Å². The summed E-state index contributed by atoms with van der Waals surface area (Å²) in [7, 11) is 0. The normalized spacial score (nSPS) is 14.7. The molecular weight excluding hydrogens is 385 g/mol. The van der Waals surface area contributed by atoms with E-state index in [1.54, 1.807) is 36.4 Å². The Morgan fingerprint density at radius 3 is 2.27 bits per heavy atom. The van der Waals surface area contributed by atoms with E-state index in [-0.39, 0.29) is 24.1 Å². The van der Waals surface area contributed by atoms with Crippen LogP contribution >= 0.6 is 0 Å². The lowest BCUT2D eigenvalue weighted by Gasteiger charge is -2.23. The maximum atomic E-state index is 14.6. The van der Waals surface area contributed by atoms with Gasteiger partial charge in [0.15, 0.2) is 11.6 Å². The molecule has 3 aromatic carbocycles. The van der Waals surface area contributed by atoms with Gasteiger partial charge in [-0.1, -0.05) is 61.7 Å². The van der Waals surface area contributed by atoms with E-state index in [1.807, 2.05) is 13.0 Å². The van der Waals surface area contributed by atoms with Crippen LogP contribution in [0.15, 0.2) is 54.6 Å². The Morgan fingerprint density at radius 2 is 1.57 bits per heavy atom. The van der Waals surface area contributed by atoms with E-state index >= 15 is 0 Å². The minimum absolute atomic E-state index is 0.0827. The molecule has 1 fully saturated rings. The van der Waals surface area contributed by atoms with Gasteiger partial charge in [-0.05, 0) is 60.1 Å². The van der Waals surface area contributed by atoms with E-state index in [2.05, 4.69) is 0 Å². The molecule has 1 aliphatic rings. The third-order valence-corrected chi connectivity index (χ3v) is 5.91. The predicted molar refractivity (Wildman–Crippen MR) is 113 cm³/mol. The molecule has 30 heavy (non-hydrogen) atoms. The number of ether oxygens (including phenoxy) is 1. The molecule has 0 radical (unpaired) electrons. The molecule has 0 atom stereocenters. The molecule has 0 aliphatic heterocycles. The molecule has 1 saturated carbocycles. The summed E-state index contributed by atoms with van der Waals surface area (Å²) >= 11 is 0. The summed E-state index contributed by atoms with van der Waals surface area (Å²) in [6.07, 6.45) is 5.10. The Hall–Kier alpha value is -2.75. The second kappa shape index (κ2) is 8.95. The van der Waals surface area contributed by atoms with E-state index in [4.69, 9.17) is 4.74 Å². The van der Waals surface area contributed by atoms with Crippen molar-refractivity contribution in [2.24, 2.45) is 0 Å². The topological polar surface area (TPSA) is 9.23 Å². The molecule has 0 amide bonds. The number of hydrogen-bond donors (Lipinski definition) is 0. The van der Waals surface area contributed by atoms with E-state index in [9.17, 15) is 13.2 Å². The predicted octanol–water partition coefficient (Wildman–Crippen LogP) is 7.71. The van der Waals surface area contributed by atoms with Crippen molar-refractivity contribution < 1.29 is 17.9 Å². The van der Waals surface area contributed by atoms with Gasteiger partial charge in [-0.25, -0.2) is 8.78 Å². The second-order valence-corrected chi connectivity index (χ2v) is 8.08. The monoisotopic (exact) mass is 410 g/mol. The SMILES string of the molecule is Cc1ccc(-c2ccc(COc3ccc(C4CCCCC4)c(F)c3F)cc2)c(F)c1. The second-order valence-electron chi connectivity index (χ2n) is 8.08. The lowest BCUT2D eigenvalue weighted by Crippen LogP contribution is -2.09. The van der Waals surface area contributed by atoms with Crippen LogP contribution in [0.25, 0.3) is 11.1 Å². The smallest absolute Gasteiger partial charge is 0.200 e. The van der Waals surface area contributed by atoms with Gasteiger partial charge in [0.1, 0.15) is 12.4 Å². The third kappa shape index (κ3) is 4.38. The highest BCUT2D eigenvalue weighted by molar-refractivity contribution is 5.64. The van der Waals surface area contributed by atoms with Crippen molar-refractivity contribution in [3.05, 3.63) is 88.7 Å². The van der Waals surface area contributed by atoms with Crippen LogP contribution in [0.3, 0.4) is 0 Å². The van der Waals surface area contributed by atoms with Crippen molar-refractivity contribution in [3.63, 3.8) is 0 Å². The summed E-state index contributed by atoms with van der Waals surface area (Å²) in [6, 6.07) is 15.5. The van der Waals surface area contributed by atoms with E-state index in [1.165, 1.54) is 12.1 Å². The van der Waals surface area contributed by atoms with Crippen molar-refractivity contribution in [2.45, 2.75) is 51.6 Å². The molecule has 0 heterocycles. The average molecular weight is 410 g/mol. The first-order valence-corrected chi connectivity index (χ1v) is 10.5. The summed E-state index contributed by atoms with van der Waals surface area (Å²) in [5.74, 6) is -1.96. The molecule has 0 saturated heterocycles. The van der Waals surface area contributed by atoms with Crippen molar-refractivity contribution >= 4 is 0 Å². The minimum atomic E-state index is -0.920. The van der Waals surface area contributed by atoms with Crippen LogP contribution in [-0.4, -0.2) is 0 Å². The third-order valence-electron chi connectivity index (χ3n) is 5.91. The number of rotatable bonds is 5. The fourth-order valence-electron chi connectivity index (χ4n) is 4.18. The summed E-state index contributed by atoms with van der Waals surface area (Å²) < 4.78 is 48.8. The van der Waals surface area contributed by atoms with Crippen LogP contribution in [0.1, 0.15) is 54.7 Å². The van der Waals surface area contributed by atoms with Crippen LogP contribution in [0.5, 0.6) is 5.75 Å². The number of aryl methyl sites for hydroxylation is 1. The summed E-state index contributed by atoms with van der Waals surface area (Å²) in [5.41, 5.74) is 3.40. The van der Waals surface area contributed by atoms with Crippen molar-refractivity contribution in [1.82, 2.24) is 0 Å². The lowest BCUT2D eigenvalue weighted by atomic mass is 9.84. The van der Waals surface area contributed by atoms with Crippen molar-refractivity contribution in [3.8, 4) is 16.9 Å². The van der Waals surface area contributed by atoms with E-state index in [0.717, 1.165) is 48.8 Å². The Morgan fingerprint density at radius 1 is 0.833 bits per heavy atom. The molecule has 4 heteroatoms. The van der Waals surface area contributed by atoms with Gasteiger partial charge in [-0.3, -0.25) is 0 Å². The molecule has 0 unspecified atom stereocenters. The number of halogens is 3. The molecule has 0 aromatic heterocycles. The van der Waals surface area contributed by atoms with Crippen LogP contribution in [0.4, 0.5) is 13.2 Å². The van der Waals surface area contributed by atoms with Crippen LogP contribution in [-0.2, 0) is 6.61 Å². The molecule has 0 spiro atoms. The molecule has 1 nitrogen and oxygen atoms in total. The molecular formula is C26H25F3O. The van der Waals surface area contributed by atoms with Gasteiger partial charge in [-0.15, -0.1) is 0 Å². The average Bonchev–Trinajstić information content (AvgIpc) is 2.76. The maximum Gasteiger partial charge on any atom is 0.200 e. The summed E-state index contributed by atoms with van der Waals surface area (Å²) in [4.78, 5) is 0. The number of hydrogen-bond acceptors (Lipinski definition) is 1. The van der Waals surface area contributed by atoms with E-state index < -0.39 is 11.6 Å². The first-order chi connectivity index (χ1) is 14.5. The van der Waals surface area contributed by atoms with Crippen molar-refractivity contribution in [2.75, 3.05) is 0 Å². The van der Waals surface area contributed by atoms with E-state index in [0.29, 0.717) is 11.1 Å². The van der Waals surface area contributed by atoms with Crippen molar-refractivity contribution in [1.29, 1.82) is 0 Å². The fraction of sp³-hybridized carbons (Fsp3) is 0.308.